The Bertz CT molecular complexity index is 167. The Hall–Kier alpha value is -0.940. The predicted molar refractivity (Wildman–Crippen MR) is 74.9 cm³/mol. The molecule has 0 aromatic heterocycles. The van der Waals surface area contributed by atoms with E-state index in [1.807, 2.05) is 28.1 Å². The van der Waals surface area contributed by atoms with Gasteiger partial charge in [-0.15, -0.1) is 0 Å². The molecule has 0 aromatic rings. The van der Waals surface area contributed by atoms with Gasteiger partial charge in [0, 0.05) is 41.3 Å². The number of amides is 1. The van der Waals surface area contributed by atoms with E-state index in [0.717, 1.165) is 19.4 Å². The van der Waals surface area contributed by atoms with Crippen LogP contribution in [0.4, 0.5) is 0 Å². The molecule has 1 amide bonds. The summed E-state index contributed by atoms with van der Waals surface area (Å²) in [6.45, 7) is 2.85. The maximum atomic E-state index is 10.5. The molecule has 5 heteroatoms. The zero-order valence-electron chi connectivity index (χ0n) is 12.4. The third kappa shape index (κ3) is 25.4. The number of carbonyl (C=O) groups is 1. The number of hydrogen-bond acceptors (Lipinski definition) is 4. The predicted octanol–water partition coefficient (Wildman–Crippen LogP) is 1.04. The minimum absolute atomic E-state index is 0.292. The molecule has 0 saturated carbocycles. The number of methoxy groups -OCH3 is 1. The summed E-state index contributed by atoms with van der Waals surface area (Å²) in [5.74, 6) is 0.292. The lowest BCUT2D eigenvalue weighted by Crippen LogP contribution is -2.17. The summed E-state index contributed by atoms with van der Waals surface area (Å²) in [5.41, 5.74) is 0. The number of carbonyl (C=O) groups excluding carboxylic acids is 1. The van der Waals surface area contributed by atoms with Crippen molar-refractivity contribution in [2.45, 2.75) is 19.8 Å². The van der Waals surface area contributed by atoms with Crippen LogP contribution in [-0.4, -0.2) is 66.0 Å². The van der Waals surface area contributed by atoms with Crippen LogP contribution in [0.15, 0.2) is 4.99 Å². The summed E-state index contributed by atoms with van der Waals surface area (Å²) in [6, 6.07) is 0. The number of hydrogen-bond donors (Lipinski definition) is 1. The number of aliphatic imine (C=N–C) groups is 1. The standard InChI is InChI=1S/C5H9NO.C3H7N.C2H7N.C2H6O/c1-6-4-2-3-5(6)7;1-3-4-2;2*1-3-2/h2-4H2,1H3;3H,1-2H3;3H,1-2H3;1-2H3. The molecule has 104 valence electrons. The molecule has 0 radical (unpaired) electrons. The smallest absolute Gasteiger partial charge is 0.222 e. The van der Waals surface area contributed by atoms with E-state index in [1.54, 1.807) is 32.4 Å². The van der Waals surface area contributed by atoms with Crippen LogP contribution in [-0.2, 0) is 9.53 Å². The van der Waals surface area contributed by atoms with E-state index in [1.165, 1.54) is 0 Å². The molecular weight excluding hydrogens is 218 g/mol. The number of nitrogens with zero attached hydrogens (tertiary/aromatic N) is 2. The van der Waals surface area contributed by atoms with Gasteiger partial charge in [-0.25, -0.2) is 0 Å². The van der Waals surface area contributed by atoms with Gasteiger partial charge in [-0.05, 0) is 33.7 Å². The van der Waals surface area contributed by atoms with Gasteiger partial charge in [-0.2, -0.15) is 0 Å². The highest BCUT2D eigenvalue weighted by Crippen LogP contribution is 2.04. The second-order valence-corrected chi connectivity index (χ2v) is 3.34. The Balaban J connectivity index is -0.000000170. The number of ether oxygens (including phenoxy) is 1. The average molecular weight is 247 g/mol. The van der Waals surface area contributed by atoms with Crippen molar-refractivity contribution in [3.05, 3.63) is 0 Å². The van der Waals surface area contributed by atoms with E-state index in [2.05, 4.69) is 15.0 Å². The average Bonchev–Trinajstić information content (AvgIpc) is 2.66. The largest absolute Gasteiger partial charge is 0.388 e. The van der Waals surface area contributed by atoms with Crippen LogP contribution in [0.25, 0.3) is 0 Å². The van der Waals surface area contributed by atoms with E-state index in [-0.39, 0.29) is 0 Å². The Labute approximate surface area is 106 Å². The van der Waals surface area contributed by atoms with Gasteiger partial charge in [0.1, 0.15) is 0 Å². The van der Waals surface area contributed by atoms with Gasteiger partial charge >= 0.3 is 0 Å². The number of nitrogens with one attached hydrogen (secondary N) is 1. The van der Waals surface area contributed by atoms with Crippen LogP contribution in [0.2, 0.25) is 0 Å². The van der Waals surface area contributed by atoms with Gasteiger partial charge in [-0.3, -0.25) is 4.79 Å². The first kappa shape index (κ1) is 21.4. The minimum Gasteiger partial charge on any atom is -0.388 e. The van der Waals surface area contributed by atoms with Crippen molar-refractivity contribution in [3.63, 3.8) is 0 Å². The maximum absolute atomic E-state index is 10.5. The van der Waals surface area contributed by atoms with Crippen LogP contribution in [0.5, 0.6) is 0 Å². The lowest BCUT2D eigenvalue weighted by molar-refractivity contribution is -0.126. The molecule has 0 aliphatic carbocycles. The fourth-order valence-electron chi connectivity index (χ4n) is 0.783. The quantitative estimate of drug-likeness (QED) is 0.651. The molecule has 1 saturated heterocycles. The summed E-state index contributed by atoms with van der Waals surface area (Å²) in [4.78, 5) is 15.9. The first-order valence-corrected chi connectivity index (χ1v) is 5.64. The maximum Gasteiger partial charge on any atom is 0.222 e. The molecule has 17 heavy (non-hydrogen) atoms. The highest BCUT2D eigenvalue weighted by atomic mass is 16.4. The summed E-state index contributed by atoms with van der Waals surface area (Å²) in [7, 11) is 10.6. The van der Waals surface area contributed by atoms with E-state index in [9.17, 15) is 4.79 Å². The summed E-state index contributed by atoms with van der Waals surface area (Å²) in [5, 5.41) is 2.75. The Kier molecular flexibility index (Phi) is 25.7. The van der Waals surface area contributed by atoms with Crippen molar-refractivity contribution in [2.75, 3.05) is 49.0 Å². The third-order valence-electron chi connectivity index (χ3n) is 1.57. The number of rotatable bonds is 0. The Morgan fingerprint density at radius 1 is 1.41 bits per heavy atom. The van der Waals surface area contributed by atoms with E-state index in [0.29, 0.717) is 5.91 Å². The lowest BCUT2D eigenvalue weighted by atomic mass is 10.4. The Morgan fingerprint density at radius 3 is 1.82 bits per heavy atom. The summed E-state index contributed by atoms with van der Waals surface area (Å²) >= 11 is 0. The zero-order valence-corrected chi connectivity index (χ0v) is 12.4. The van der Waals surface area contributed by atoms with Crippen molar-refractivity contribution >= 4 is 12.1 Å². The molecule has 1 N–H and O–H groups in total. The van der Waals surface area contributed by atoms with E-state index in [4.69, 9.17) is 0 Å². The molecule has 1 rings (SSSR count). The van der Waals surface area contributed by atoms with Crippen molar-refractivity contribution in [2.24, 2.45) is 4.99 Å². The third-order valence-corrected chi connectivity index (χ3v) is 1.57. The van der Waals surface area contributed by atoms with Crippen molar-refractivity contribution in [1.29, 1.82) is 0 Å². The van der Waals surface area contributed by atoms with Crippen LogP contribution in [0, 0.1) is 0 Å². The molecular formula is C12H29N3O2. The van der Waals surface area contributed by atoms with Crippen LogP contribution < -0.4 is 5.32 Å². The molecule has 1 fully saturated rings. The minimum atomic E-state index is 0.292. The molecule has 0 spiro atoms. The molecule has 5 nitrogen and oxygen atoms in total. The van der Waals surface area contributed by atoms with Crippen LogP contribution in [0.3, 0.4) is 0 Å². The van der Waals surface area contributed by atoms with Gasteiger partial charge in [0.2, 0.25) is 5.91 Å². The van der Waals surface area contributed by atoms with Crippen molar-refractivity contribution < 1.29 is 9.53 Å². The molecule has 1 aliphatic rings. The molecule has 0 atom stereocenters. The van der Waals surface area contributed by atoms with Gasteiger partial charge in [0.05, 0.1) is 0 Å². The highest BCUT2D eigenvalue weighted by Gasteiger charge is 2.14. The van der Waals surface area contributed by atoms with Gasteiger partial charge in [-0.1, -0.05) is 0 Å². The fraction of sp³-hybridized carbons (Fsp3) is 0.833. The van der Waals surface area contributed by atoms with Crippen LogP contribution >= 0.6 is 0 Å². The highest BCUT2D eigenvalue weighted by molar-refractivity contribution is 5.77. The summed E-state index contributed by atoms with van der Waals surface area (Å²) in [6.07, 6.45) is 3.56. The fourth-order valence-corrected chi connectivity index (χ4v) is 0.783. The zero-order chi connectivity index (χ0) is 14.1. The van der Waals surface area contributed by atoms with Gasteiger partial charge in [0.25, 0.3) is 0 Å². The second kappa shape index (κ2) is 20.5. The topological polar surface area (TPSA) is 53.9 Å². The molecule has 0 unspecified atom stereocenters. The monoisotopic (exact) mass is 247 g/mol. The van der Waals surface area contributed by atoms with Crippen molar-refractivity contribution in [3.8, 4) is 0 Å². The SMILES string of the molecule is CC=NC.CN1CCCC1=O.CNC.COC. The van der Waals surface area contributed by atoms with E-state index < -0.39 is 0 Å². The number of likely N-dealkylation sites (tertiary alicyclic amines) is 1. The molecule has 1 heterocycles. The normalized spacial score (nSPS) is 13.1. The second-order valence-electron chi connectivity index (χ2n) is 3.34. The lowest BCUT2D eigenvalue weighted by Gasteiger charge is -2.03. The molecule has 1 aliphatic heterocycles. The molecule has 0 aromatic carbocycles. The van der Waals surface area contributed by atoms with Gasteiger partial charge in [0.15, 0.2) is 0 Å². The van der Waals surface area contributed by atoms with Crippen LogP contribution in [0.1, 0.15) is 19.8 Å². The van der Waals surface area contributed by atoms with Crippen molar-refractivity contribution in [1.82, 2.24) is 10.2 Å². The molecule has 0 bridgehead atoms. The van der Waals surface area contributed by atoms with E-state index >= 15 is 0 Å². The summed E-state index contributed by atoms with van der Waals surface area (Å²) < 4.78 is 4.25. The first-order chi connectivity index (χ1) is 8.05. The van der Waals surface area contributed by atoms with Gasteiger partial charge < -0.3 is 19.9 Å². The Morgan fingerprint density at radius 2 is 1.76 bits per heavy atom. The first-order valence-electron chi connectivity index (χ1n) is 5.64.